The Hall–Kier alpha value is -2.04. The average Bonchev–Trinajstić information content (AvgIpc) is 2.55. The molecule has 2 aromatic rings. The fourth-order valence-electron chi connectivity index (χ4n) is 1.46. The van der Waals surface area contributed by atoms with Gasteiger partial charge in [0.1, 0.15) is 11.5 Å². The van der Waals surface area contributed by atoms with E-state index in [4.69, 9.17) is 19.7 Å². The van der Waals surface area contributed by atoms with Gasteiger partial charge >= 0.3 is 0 Å². The molecule has 0 saturated heterocycles. The van der Waals surface area contributed by atoms with E-state index < -0.39 is 0 Å². The Balaban J connectivity index is 0.000000200. The summed E-state index contributed by atoms with van der Waals surface area (Å²) in [7, 11) is 3.24. The summed E-state index contributed by atoms with van der Waals surface area (Å²) in [6.07, 6.45) is 0. The molecule has 2 N–H and O–H groups in total. The topological polar surface area (TPSA) is 58.9 Å². The van der Waals surface area contributed by atoms with Crippen molar-refractivity contribution in [2.45, 2.75) is 13.2 Å². The number of methoxy groups -OCH3 is 2. The zero-order valence-corrected chi connectivity index (χ0v) is 11.7. The molecule has 0 aromatic heterocycles. The number of rotatable bonds is 4. The normalized spacial score (nSPS) is 9.40. The van der Waals surface area contributed by atoms with Gasteiger partial charge in [-0.1, -0.05) is 24.3 Å². The monoisotopic (exact) mass is 276 g/mol. The minimum Gasteiger partial charge on any atom is -0.497 e. The van der Waals surface area contributed by atoms with E-state index in [-0.39, 0.29) is 13.2 Å². The van der Waals surface area contributed by atoms with Crippen LogP contribution in [0.2, 0.25) is 0 Å². The molecule has 0 aliphatic carbocycles. The minimum absolute atomic E-state index is 0.0873. The zero-order valence-electron chi connectivity index (χ0n) is 11.7. The van der Waals surface area contributed by atoms with Crippen LogP contribution in [0.25, 0.3) is 0 Å². The van der Waals surface area contributed by atoms with Gasteiger partial charge in [-0.3, -0.25) is 0 Å². The van der Waals surface area contributed by atoms with Crippen LogP contribution in [0.3, 0.4) is 0 Å². The maximum atomic E-state index is 8.66. The molecule has 0 radical (unpaired) electrons. The number of hydrogen-bond donors (Lipinski definition) is 2. The van der Waals surface area contributed by atoms with E-state index in [1.165, 1.54) is 0 Å². The molecular weight excluding hydrogens is 256 g/mol. The van der Waals surface area contributed by atoms with Crippen molar-refractivity contribution in [2.24, 2.45) is 0 Å². The van der Waals surface area contributed by atoms with Crippen LogP contribution in [0.4, 0.5) is 0 Å². The third kappa shape index (κ3) is 5.30. The van der Waals surface area contributed by atoms with Gasteiger partial charge in [0.2, 0.25) is 0 Å². The first kappa shape index (κ1) is 16.0. The number of benzene rings is 2. The molecule has 0 aliphatic rings. The molecule has 0 atom stereocenters. The van der Waals surface area contributed by atoms with E-state index in [0.717, 1.165) is 22.6 Å². The number of aliphatic hydroxyl groups excluding tert-OH is 2. The van der Waals surface area contributed by atoms with Gasteiger partial charge in [0.05, 0.1) is 27.4 Å². The molecule has 2 rings (SSSR count). The molecule has 108 valence electrons. The quantitative estimate of drug-likeness (QED) is 0.900. The SMILES string of the molecule is COc1ccc(CO)cc1.COc1ccc(CO)cc1. The molecule has 0 saturated carbocycles. The van der Waals surface area contributed by atoms with Gasteiger partial charge in [0, 0.05) is 0 Å². The van der Waals surface area contributed by atoms with E-state index in [0.29, 0.717) is 0 Å². The van der Waals surface area contributed by atoms with Crippen molar-refractivity contribution in [3.63, 3.8) is 0 Å². The molecule has 0 fully saturated rings. The molecular formula is C16H20O4. The van der Waals surface area contributed by atoms with E-state index in [9.17, 15) is 0 Å². The second kappa shape index (κ2) is 8.96. The second-order valence-corrected chi connectivity index (χ2v) is 4.01. The van der Waals surface area contributed by atoms with Gasteiger partial charge in [-0.15, -0.1) is 0 Å². The van der Waals surface area contributed by atoms with Crippen molar-refractivity contribution < 1.29 is 19.7 Å². The second-order valence-electron chi connectivity index (χ2n) is 4.01. The zero-order chi connectivity index (χ0) is 14.8. The fraction of sp³-hybridized carbons (Fsp3) is 0.250. The lowest BCUT2D eigenvalue weighted by Gasteiger charge is -1.98. The first-order valence-electron chi connectivity index (χ1n) is 6.21. The van der Waals surface area contributed by atoms with Gasteiger partial charge in [-0.05, 0) is 35.4 Å². The Morgan fingerprint density at radius 1 is 0.650 bits per heavy atom. The van der Waals surface area contributed by atoms with Crippen molar-refractivity contribution in [3.8, 4) is 11.5 Å². The van der Waals surface area contributed by atoms with E-state index in [2.05, 4.69) is 0 Å². The lowest BCUT2D eigenvalue weighted by Crippen LogP contribution is -1.84. The van der Waals surface area contributed by atoms with Crippen molar-refractivity contribution in [1.82, 2.24) is 0 Å². The van der Waals surface area contributed by atoms with Crippen LogP contribution in [0, 0.1) is 0 Å². The standard InChI is InChI=1S/2C8H10O2/c2*1-10-8-4-2-7(6-9)3-5-8/h2*2-5,9H,6H2,1H3. The molecule has 4 heteroatoms. The van der Waals surface area contributed by atoms with Crippen molar-refractivity contribution in [3.05, 3.63) is 59.7 Å². The molecule has 0 heterocycles. The molecule has 0 bridgehead atoms. The highest BCUT2D eigenvalue weighted by Crippen LogP contribution is 2.11. The fourth-order valence-corrected chi connectivity index (χ4v) is 1.46. The third-order valence-corrected chi connectivity index (χ3v) is 2.68. The number of hydrogen-bond acceptors (Lipinski definition) is 4. The maximum absolute atomic E-state index is 8.66. The third-order valence-electron chi connectivity index (χ3n) is 2.68. The summed E-state index contributed by atoms with van der Waals surface area (Å²) in [5.74, 6) is 1.63. The molecule has 0 amide bonds. The Kier molecular flexibility index (Phi) is 7.17. The first-order valence-corrected chi connectivity index (χ1v) is 6.21. The van der Waals surface area contributed by atoms with Crippen molar-refractivity contribution >= 4 is 0 Å². The molecule has 20 heavy (non-hydrogen) atoms. The summed E-state index contributed by atoms with van der Waals surface area (Å²) in [6, 6.07) is 14.6. The van der Waals surface area contributed by atoms with Gasteiger partial charge < -0.3 is 19.7 Å². The van der Waals surface area contributed by atoms with E-state index in [1.807, 2.05) is 48.5 Å². The Morgan fingerprint density at radius 2 is 0.950 bits per heavy atom. The molecule has 0 aliphatic heterocycles. The highest BCUT2D eigenvalue weighted by atomic mass is 16.5. The summed E-state index contributed by atoms with van der Waals surface area (Å²) in [4.78, 5) is 0. The summed E-state index contributed by atoms with van der Waals surface area (Å²) in [5, 5.41) is 17.3. The van der Waals surface area contributed by atoms with Gasteiger partial charge in [-0.2, -0.15) is 0 Å². The molecule has 2 aromatic carbocycles. The van der Waals surface area contributed by atoms with Crippen LogP contribution in [-0.2, 0) is 13.2 Å². The molecule has 0 spiro atoms. The Morgan fingerprint density at radius 3 is 1.15 bits per heavy atom. The smallest absolute Gasteiger partial charge is 0.118 e. The highest BCUT2D eigenvalue weighted by molar-refractivity contribution is 5.27. The average molecular weight is 276 g/mol. The minimum atomic E-state index is 0.0873. The Bertz CT molecular complexity index is 383. The number of aliphatic hydroxyl groups is 2. The lowest BCUT2D eigenvalue weighted by molar-refractivity contribution is 0.281. The van der Waals surface area contributed by atoms with Gasteiger partial charge in [0.15, 0.2) is 0 Å². The largest absolute Gasteiger partial charge is 0.497 e. The van der Waals surface area contributed by atoms with Crippen LogP contribution in [0.15, 0.2) is 48.5 Å². The van der Waals surface area contributed by atoms with E-state index >= 15 is 0 Å². The van der Waals surface area contributed by atoms with Crippen LogP contribution in [0.1, 0.15) is 11.1 Å². The summed E-state index contributed by atoms with van der Waals surface area (Å²) in [6.45, 7) is 0.175. The predicted octanol–water partition coefficient (Wildman–Crippen LogP) is 2.38. The van der Waals surface area contributed by atoms with Crippen molar-refractivity contribution in [2.75, 3.05) is 14.2 Å². The van der Waals surface area contributed by atoms with Gasteiger partial charge in [-0.25, -0.2) is 0 Å². The predicted molar refractivity (Wildman–Crippen MR) is 77.8 cm³/mol. The lowest BCUT2D eigenvalue weighted by atomic mass is 10.2. The summed E-state index contributed by atoms with van der Waals surface area (Å²) in [5.41, 5.74) is 1.81. The maximum Gasteiger partial charge on any atom is 0.118 e. The first-order chi connectivity index (χ1) is 9.73. The summed E-state index contributed by atoms with van der Waals surface area (Å²) >= 11 is 0. The van der Waals surface area contributed by atoms with Crippen LogP contribution in [-0.4, -0.2) is 24.4 Å². The molecule has 0 unspecified atom stereocenters. The van der Waals surface area contributed by atoms with Crippen LogP contribution < -0.4 is 9.47 Å². The van der Waals surface area contributed by atoms with Gasteiger partial charge in [0.25, 0.3) is 0 Å². The molecule has 4 nitrogen and oxygen atoms in total. The van der Waals surface area contributed by atoms with Crippen LogP contribution >= 0.6 is 0 Å². The van der Waals surface area contributed by atoms with E-state index in [1.54, 1.807) is 14.2 Å². The Labute approximate surface area is 119 Å². The summed E-state index contributed by atoms with van der Waals surface area (Å²) < 4.78 is 9.86. The van der Waals surface area contributed by atoms with Crippen LogP contribution in [0.5, 0.6) is 11.5 Å². The van der Waals surface area contributed by atoms with Crippen molar-refractivity contribution in [1.29, 1.82) is 0 Å². The number of ether oxygens (including phenoxy) is 2. The highest BCUT2D eigenvalue weighted by Gasteiger charge is 1.90.